The van der Waals surface area contributed by atoms with Gasteiger partial charge in [-0.25, -0.2) is 13.2 Å². The zero-order chi connectivity index (χ0) is 16.0. The first-order valence-electron chi connectivity index (χ1n) is 6.17. The Hall–Kier alpha value is -2.15. The minimum Gasteiger partial charge on any atom is -0.478 e. The van der Waals surface area contributed by atoms with Crippen molar-refractivity contribution in [2.75, 3.05) is 12.0 Å². The van der Waals surface area contributed by atoms with E-state index in [-0.39, 0.29) is 5.75 Å². The minimum absolute atomic E-state index is 0.142. The molecule has 21 heavy (non-hydrogen) atoms. The van der Waals surface area contributed by atoms with Crippen molar-refractivity contribution in [2.24, 2.45) is 0 Å². The third kappa shape index (κ3) is 6.71. The summed E-state index contributed by atoms with van der Waals surface area (Å²) in [5, 5.41) is 11.1. The SMILES string of the molecule is CC(CS(C)(=O)=O)NC(=O)c1cccc(C=CC(=O)O)c1. The number of hydrogen-bond acceptors (Lipinski definition) is 4. The smallest absolute Gasteiger partial charge is 0.328 e. The van der Waals surface area contributed by atoms with Crippen LogP contribution >= 0.6 is 0 Å². The number of aliphatic carboxylic acids is 1. The molecule has 1 aromatic carbocycles. The van der Waals surface area contributed by atoms with Gasteiger partial charge in [-0.3, -0.25) is 4.79 Å². The van der Waals surface area contributed by atoms with Crippen LogP contribution in [0.2, 0.25) is 0 Å². The number of nitrogens with one attached hydrogen (secondary N) is 1. The van der Waals surface area contributed by atoms with E-state index >= 15 is 0 Å². The van der Waals surface area contributed by atoms with E-state index in [0.29, 0.717) is 11.1 Å². The number of carbonyl (C=O) groups excluding carboxylic acids is 1. The Morgan fingerprint density at radius 3 is 2.62 bits per heavy atom. The molecule has 0 aliphatic rings. The van der Waals surface area contributed by atoms with Crippen molar-refractivity contribution in [3.05, 3.63) is 41.5 Å². The predicted molar refractivity (Wildman–Crippen MR) is 79.8 cm³/mol. The van der Waals surface area contributed by atoms with Crippen molar-refractivity contribution in [3.63, 3.8) is 0 Å². The number of sulfone groups is 1. The molecular weight excluding hydrogens is 294 g/mol. The van der Waals surface area contributed by atoms with Gasteiger partial charge in [-0.05, 0) is 30.7 Å². The number of carbonyl (C=O) groups is 2. The molecule has 1 amide bonds. The third-order valence-electron chi connectivity index (χ3n) is 2.50. The highest BCUT2D eigenvalue weighted by Crippen LogP contribution is 2.08. The van der Waals surface area contributed by atoms with E-state index in [1.54, 1.807) is 25.1 Å². The lowest BCUT2D eigenvalue weighted by molar-refractivity contribution is -0.131. The van der Waals surface area contributed by atoms with Gasteiger partial charge in [0, 0.05) is 23.9 Å². The van der Waals surface area contributed by atoms with Crippen molar-refractivity contribution in [1.82, 2.24) is 5.32 Å². The number of benzene rings is 1. The van der Waals surface area contributed by atoms with Gasteiger partial charge in [0.25, 0.3) is 5.91 Å². The Morgan fingerprint density at radius 2 is 2.05 bits per heavy atom. The molecular formula is C14H17NO5S. The van der Waals surface area contributed by atoms with E-state index in [2.05, 4.69) is 5.32 Å². The zero-order valence-corrected chi connectivity index (χ0v) is 12.6. The molecule has 0 aromatic heterocycles. The third-order valence-corrected chi connectivity index (χ3v) is 3.60. The highest BCUT2D eigenvalue weighted by Gasteiger charge is 2.14. The fourth-order valence-corrected chi connectivity index (χ4v) is 2.75. The molecule has 0 saturated carbocycles. The van der Waals surface area contributed by atoms with Gasteiger partial charge in [0.15, 0.2) is 0 Å². The largest absolute Gasteiger partial charge is 0.478 e. The predicted octanol–water partition coefficient (Wildman–Crippen LogP) is 0.947. The highest BCUT2D eigenvalue weighted by molar-refractivity contribution is 7.90. The molecule has 1 rings (SSSR count). The van der Waals surface area contributed by atoms with Crippen molar-refractivity contribution < 1.29 is 23.1 Å². The van der Waals surface area contributed by atoms with Crippen LogP contribution in [0.4, 0.5) is 0 Å². The van der Waals surface area contributed by atoms with Gasteiger partial charge in [0.05, 0.1) is 5.75 Å². The van der Waals surface area contributed by atoms with E-state index in [4.69, 9.17) is 5.11 Å². The summed E-state index contributed by atoms with van der Waals surface area (Å²) < 4.78 is 22.3. The standard InChI is InChI=1S/C14H17NO5S/c1-10(9-21(2,19)20)15-14(18)12-5-3-4-11(8-12)6-7-13(16)17/h3-8,10H,9H2,1-2H3,(H,15,18)(H,16,17). The molecule has 0 heterocycles. The lowest BCUT2D eigenvalue weighted by Gasteiger charge is -2.12. The van der Waals surface area contributed by atoms with Crippen molar-refractivity contribution in [3.8, 4) is 0 Å². The molecule has 114 valence electrons. The molecule has 0 bridgehead atoms. The summed E-state index contributed by atoms with van der Waals surface area (Å²) in [4.78, 5) is 22.4. The molecule has 2 N–H and O–H groups in total. The number of rotatable bonds is 6. The fourth-order valence-electron chi connectivity index (χ4n) is 1.75. The molecule has 1 atom stereocenters. The molecule has 0 aliphatic heterocycles. The monoisotopic (exact) mass is 311 g/mol. The first kappa shape index (κ1) is 16.9. The van der Waals surface area contributed by atoms with Gasteiger partial charge in [-0.2, -0.15) is 0 Å². The molecule has 1 unspecified atom stereocenters. The summed E-state index contributed by atoms with van der Waals surface area (Å²) in [5.41, 5.74) is 0.906. The van der Waals surface area contributed by atoms with Crippen LogP contribution in [0.25, 0.3) is 6.08 Å². The molecule has 0 spiro atoms. The Morgan fingerprint density at radius 1 is 1.38 bits per heavy atom. The number of hydrogen-bond donors (Lipinski definition) is 2. The van der Waals surface area contributed by atoms with Crippen LogP contribution < -0.4 is 5.32 Å². The molecule has 6 nitrogen and oxygen atoms in total. The number of carboxylic acids is 1. The maximum Gasteiger partial charge on any atom is 0.328 e. The average Bonchev–Trinajstić information content (AvgIpc) is 2.34. The summed E-state index contributed by atoms with van der Waals surface area (Å²) in [6.07, 6.45) is 3.45. The highest BCUT2D eigenvalue weighted by atomic mass is 32.2. The van der Waals surface area contributed by atoms with Crippen LogP contribution in [0, 0.1) is 0 Å². The fraction of sp³-hybridized carbons (Fsp3) is 0.286. The average molecular weight is 311 g/mol. The summed E-state index contributed by atoms with van der Waals surface area (Å²) in [6.45, 7) is 1.60. The topological polar surface area (TPSA) is 101 Å². The van der Waals surface area contributed by atoms with Crippen molar-refractivity contribution in [1.29, 1.82) is 0 Å². The quantitative estimate of drug-likeness (QED) is 0.762. The van der Waals surface area contributed by atoms with Crippen LogP contribution in [0.5, 0.6) is 0 Å². The molecule has 0 aliphatic carbocycles. The van der Waals surface area contributed by atoms with Crippen molar-refractivity contribution in [2.45, 2.75) is 13.0 Å². The Balaban J connectivity index is 2.79. The second-order valence-electron chi connectivity index (χ2n) is 4.76. The summed E-state index contributed by atoms with van der Waals surface area (Å²) in [7, 11) is -3.17. The Kier molecular flexibility index (Phi) is 5.66. The summed E-state index contributed by atoms with van der Waals surface area (Å²) >= 11 is 0. The van der Waals surface area contributed by atoms with Crippen LogP contribution in [-0.2, 0) is 14.6 Å². The Bertz CT molecular complexity index is 664. The lowest BCUT2D eigenvalue weighted by Crippen LogP contribution is -2.37. The number of carboxylic acid groups (broad SMARTS) is 1. The molecule has 1 aromatic rings. The maximum absolute atomic E-state index is 12.0. The van der Waals surface area contributed by atoms with Gasteiger partial charge in [0.2, 0.25) is 0 Å². The lowest BCUT2D eigenvalue weighted by atomic mass is 10.1. The van der Waals surface area contributed by atoms with Crippen LogP contribution in [-0.4, -0.2) is 43.5 Å². The zero-order valence-electron chi connectivity index (χ0n) is 11.7. The first-order valence-corrected chi connectivity index (χ1v) is 8.23. The molecule has 7 heteroatoms. The molecule has 0 radical (unpaired) electrons. The van der Waals surface area contributed by atoms with Crippen LogP contribution in [0.15, 0.2) is 30.3 Å². The second-order valence-corrected chi connectivity index (χ2v) is 6.95. The van der Waals surface area contributed by atoms with E-state index in [9.17, 15) is 18.0 Å². The van der Waals surface area contributed by atoms with Crippen molar-refractivity contribution >= 4 is 27.8 Å². The van der Waals surface area contributed by atoms with Gasteiger partial charge >= 0.3 is 5.97 Å². The van der Waals surface area contributed by atoms with E-state index in [0.717, 1.165) is 12.3 Å². The van der Waals surface area contributed by atoms with E-state index < -0.39 is 27.8 Å². The van der Waals surface area contributed by atoms with Crippen LogP contribution in [0.1, 0.15) is 22.8 Å². The minimum atomic E-state index is -3.17. The van der Waals surface area contributed by atoms with Gasteiger partial charge in [-0.15, -0.1) is 0 Å². The van der Waals surface area contributed by atoms with E-state index in [1.165, 1.54) is 12.1 Å². The normalized spacial score (nSPS) is 13.0. The van der Waals surface area contributed by atoms with Gasteiger partial charge in [-0.1, -0.05) is 12.1 Å². The molecule has 0 saturated heterocycles. The first-order chi connectivity index (χ1) is 9.67. The van der Waals surface area contributed by atoms with E-state index in [1.807, 2.05) is 0 Å². The number of amides is 1. The summed E-state index contributed by atoms with van der Waals surface area (Å²) in [6, 6.07) is 5.88. The van der Waals surface area contributed by atoms with Crippen LogP contribution in [0.3, 0.4) is 0 Å². The van der Waals surface area contributed by atoms with Gasteiger partial charge < -0.3 is 10.4 Å². The van der Waals surface area contributed by atoms with Gasteiger partial charge in [0.1, 0.15) is 9.84 Å². The summed E-state index contributed by atoms with van der Waals surface area (Å²) in [5.74, 6) is -1.62. The molecule has 0 fully saturated rings. The second kappa shape index (κ2) is 7.03. The Labute approximate surface area is 123 Å². The maximum atomic E-state index is 12.0.